The Morgan fingerprint density at radius 3 is 2.50 bits per heavy atom. The van der Waals surface area contributed by atoms with Gasteiger partial charge in [0.2, 0.25) is 11.8 Å². The number of anilines is 1. The average molecular weight is 461 g/mol. The molecule has 1 aromatic carbocycles. The van der Waals surface area contributed by atoms with Crippen molar-refractivity contribution >= 4 is 27.5 Å². The van der Waals surface area contributed by atoms with Crippen molar-refractivity contribution in [2.45, 2.75) is 56.3 Å². The minimum Gasteiger partial charge on any atom is -0.360 e. The summed E-state index contributed by atoms with van der Waals surface area (Å²) in [4.78, 5) is 26.4. The molecule has 9 nitrogen and oxygen atoms in total. The standard InChI is InChI=1S/C22H28N4O5S/c1-15-20(16(2)31-24-15)32(29,30)25-18-8-6-17(7-9-18)22(10-11-22)21(28)23-12-4-14-26-13-3-5-19(26)27/h6-9,25H,3-5,10-14H2,1-2H3,(H,23,28). The number of carbonyl (C=O) groups is 2. The van der Waals surface area contributed by atoms with Crippen LogP contribution in [0, 0.1) is 13.8 Å². The fourth-order valence-electron chi connectivity index (χ4n) is 4.28. The summed E-state index contributed by atoms with van der Waals surface area (Å²) >= 11 is 0. The number of carbonyl (C=O) groups excluding carboxylic acids is 2. The molecular weight excluding hydrogens is 432 g/mol. The number of aromatic nitrogens is 1. The van der Waals surface area contributed by atoms with Gasteiger partial charge in [-0.1, -0.05) is 17.3 Å². The van der Waals surface area contributed by atoms with Crippen LogP contribution in [0.3, 0.4) is 0 Å². The predicted octanol–water partition coefficient (Wildman–Crippen LogP) is 2.25. The van der Waals surface area contributed by atoms with E-state index in [1.165, 1.54) is 0 Å². The molecule has 1 saturated heterocycles. The lowest BCUT2D eigenvalue weighted by Crippen LogP contribution is -2.36. The van der Waals surface area contributed by atoms with Gasteiger partial charge in [-0.3, -0.25) is 14.3 Å². The summed E-state index contributed by atoms with van der Waals surface area (Å²) in [7, 11) is -3.82. The molecule has 0 unspecified atom stereocenters. The Kier molecular flexibility index (Phi) is 5.98. The first-order valence-electron chi connectivity index (χ1n) is 10.9. The first-order chi connectivity index (χ1) is 15.2. The molecule has 1 aliphatic carbocycles. The second kappa shape index (κ2) is 8.57. The monoisotopic (exact) mass is 460 g/mol. The highest BCUT2D eigenvalue weighted by Crippen LogP contribution is 2.48. The van der Waals surface area contributed by atoms with Gasteiger partial charge < -0.3 is 14.7 Å². The topological polar surface area (TPSA) is 122 Å². The number of aryl methyl sites for hydroxylation is 2. The lowest BCUT2D eigenvalue weighted by Gasteiger charge is -2.18. The molecule has 172 valence electrons. The molecule has 32 heavy (non-hydrogen) atoms. The van der Waals surface area contributed by atoms with Crippen LogP contribution in [0.25, 0.3) is 0 Å². The van der Waals surface area contributed by atoms with Gasteiger partial charge in [-0.25, -0.2) is 8.42 Å². The minimum atomic E-state index is -3.82. The molecule has 4 rings (SSSR count). The summed E-state index contributed by atoms with van der Waals surface area (Å²) < 4.78 is 32.8. The first-order valence-corrected chi connectivity index (χ1v) is 12.3. The zero-order valence-electron chi connectivity index (χ0n) is 18.3. The Labute approximate surface area is 187 Å². The van der Waals surface area contributed by atoms with Crippen LogP contribution >= 0.6 is 0 Å². The van der Waals surface area contributed by atoms with Gasteiger partial charge in [0.1, 0.15) is 5.69 Å². The van der Waals surface area contributed by atoms with Gasteiger partial charge in [0.25, 0.3) is 10.0 Å². The summed E-state index contributed by atoms with van der Waals surface area (Å²) in [5, 5.41) is 6.70. The fraction of sp³-hybridized carbons (Fsp3) is 0.500. The number of sulfonamides is 1. The van der Waals surface area contributed by atoms with E-state index < -0.39 is 15.4 Å². The van der Waals surface area contributed by atoms with Crippen LogP contribution in [0.2, 0.25) is 0 Å². The highest BCUT2D eigenvalue weighted by Gasteiger charge is 2.51. The molecule has 1 aromatic heterocycles. The van der Waals surface area contributed by atoms with E-state index in [0.717, 1.165) is 37.8 Å². The molecule has 0 spiro atoms. The third-order valence-corrected chi connectivity index (χ3v) is 7.80. The summed E-state index contributed by atoms with van der Waals surface area (Å²) in [6.07, 6.45) is 3.79. The van der Waals surface area contributed by atoms with Crippen molar-refractivity contribution in [3.05, 3.63) is 41.3 Å². The van der Waals surface area contributed by atoms with E-state index in [1.807, 2.05) is 4.90 Å². The largest absolute Gasteiger partial charge is 0.360 e. The summed E-state index contributed by atoms with van der Waals surface area (Å²) in [5.74, 6) is 0.406. The molecular formula is C22H28N4O5S. The third kappa shape index (κ3) is 4.36. The lowest BCUT2D eigenvalue weighted by atomic mass is 9.95. The van der Waals surface area contributed by atoms with Crippen molar-refractivity contribution in [3.8, 4) is 0 Å². The van der Waals surface area contributed by atoms with Gasteiger partial charge in [0, 0.05) is 31.7 Å². The maximum absolute atomic E-state index is 12.8. The van der Waals surface area contributed by atoms with Gasteiger partial charge >= 0.3 is 0 Å². The number of likely N-dealkylation sites (tertiary alicyclic amines) is 1. The van der Waals surface area contributed by atoms with Crippen molar-refractivity contribution in [2.75, 3.05) is 24.4 Å². The van der Waals surface area contributed by atoms with Crippen LogP contribution in [-0.2, 0) is 25.0 Å². The Morgan fingerprint density at radius 1 is 1.22 bits per heavy atom. The Hall–Kier alpha value is -2.88. The Morgan fingerprint density at radius 2 is 1.94 bits per heavy atom. The second-order valence-corrected chi connectivity index (χ2v) is 10.1. The van der Waals surface area contributed by atoms with Crippen LogP contribution < -0.4 is 10.0 Å². The summed E-state index contributed by atoms with van der Waals surface area (Å²) in [5.41, 5.74) is 1.02. The normalized spacial score (nSPS) is 17.4. The van der Waals surface area contributed by atoms with E-state index in [1.54, 1.807) is 38.1 Å². The smallest absolute Gasteiger partial charge is 0.267 e. The molecule has 0 atom stereocenters. The molecule has 1 saturated carbocycles. The molecule has 2 heterocycles. The van der Waals surface area contributed by atoms with E-state index in [0.29, 0.717) is 30.9 Å². The zero-order valence-corrected chi connectivity index (χ0v) is 19.1. The average Bonchev–Trinajstić information content (AvgIpc) is 3.35. The molecule has 2 amide bonds. The van der Waals surface area contributed by atoms with Gasteiger partial charge in [0.15, 0.2) is 10.7 Å². The Balaban J connectivity index is 1.35. The van der Waals surface area contributed by atoms with Gasteiger partial charge in [0.05, 0.1) is 5.41 Å². The van der Waals surface area contributed by atoms with Crippen LogP contribution in [0.15, 0.2) is 33.7 Å². The predicted molar refractivity (Wildman–Crippen MR) is 118 cm³/mol. The number of nitrogens with one attached hydrogen (secondary N) is 2. The van der Waals surface area contributed by atoms with Gasteiger partial charge in [-0.2, -0.15) is 0 Å². The van der Waals surface area contributed by atoms with Crippen molar-refractivity contribution in [1.29, 1.82) is 0 Å². The maximum atomic E-state index is 12.8. The van der Waals surface area contributed by atoms with Crippen molar-refractivity contribution in [3.63, 3.8) is 0 Å². The molecule has 1 aliphatic heterocycles. The van der Waals surface area contributed by atoms with Crippen molar-refractivity contribution in [2.24, 2.45) is 0 Å². The number of amides is 2. The van der Waals surface area contributed by atoms with Crippen LogP contribution in [-0.4, -0.2) is 49.9 Å². The van der Waals surface area contributed by atoms with Crippen molar-refractivity contribution in [1.82, 2.24) is 15.4 Å². The maximum Gasteiger partial charge on any atom is 0.267 e. The molecule has 2 aromatic rings. The fourth-order valence-corrected chi connectivity index (χ4v) is 5.67. The second-order valence-electron chi connectivity index (χ2n) is 8.51. The quantitative estimate of drug-likeness (QED) is 0.554. The van der Waals surface area contributed by atoms with Gasteiger partial charge in [-0.05, 0) is 57.2 Å². The Bertz CT molecular complexity index is 1100. The minimum absolute atomic E-state index is 0.0192. The molecule has 0 radical (unpaired) electrons. The molecule has 0 bridgehead atoms. The summed E-state index contributed by atoms with van der Waals surface area (Å²) in [6, 6.07) is 6.91. The van der Waals surface area contributed by atoms with E-state index in [-0.39, 0.29) is 22.5 Å². The number of benzene rings is 1. The number of rotatable bonds is 9. The van der Waals surface area contributed by atoms with E-state index in [9.17, 15) is 18.0 Å². The third-order valence-electron chi connectivity index (χ3n) is 6.17. The first kappa shape index (κ1) is 22.3. The highest BCUT2D eigenvalue weighted by molar-refractivity contribution is 7.92. The van der Waals surface area contributed by atoms with Crippen molar-refractivity contribution < 1.29 is 22.5 Å². The number of hydrogen-bond donors (Lipinski definition) is 2. The molecule has 2 N–H and O–H groups in total. The van der Waals surface area contributed by atoms with E-state index in [4.69, 9.17) is 4.52 Å². The highest BCUT2D eigenvalue weighted by atomic mass is 32.2. The molecule has 2 aliphatic rings. The molecule has 10 heteroatoms. The number of hydrogen-bond acceptors (Lipinski definition) is 6. The summed E-state index contributed by atoms with van der Waals surface area (Å²) in [6.45, 7) is 5.14. The van der Waals surface area contributed by atoms with Crippen LogP contribution in [0.5, 0.6) is 0 Å². The SMILES string of the molecule is Cc1noc(C)c1S(=O)(=O)Nc1ccc(C2(C(=O)NCCCN3CCCC3=O)CC2)cc1. The van der Waals surface area contributed by atoms with E-state index in [2.05, 4.69) is 15.2 Å². The lowest BCUT2D eigenvalue weighted by molar-refractivity contribution is -0.127. The zero-order chi connectivity index (χ0) is 22.9. The van der Waals surface area contributed by atoms with Crippen LogP contribution in [0.1, 0.15) is 49.1 Å². The van der Waals surface area contributed by atoms with Crippen LogP contribution in [0.4, 0.5) is 5.69 Å². The van der Waals surface area contributed by atoms with Gasteiger partial charge in [-0.15, -0.1) is 0 Å². The number of nitrogens with zero attached hydrogens (tertiary/aromatic N) is 2. The van der Waals surface area contributed by atoms with E-state index >= 15 is 0 Å². The molecule has 2 fully saturated rings.